The molecule has 0 radical (unpaired) electrons. The smallest absolute Gasteiger partial charge is 0.123 e. The summed E-state index contributed by atoms with van der Waals surface area (Å²) in [5.74, 6) is -0.405. The Morgan fingerprint density at radius 3 is 2.28 bits per heavy atom. The minimum Gasteiger partial charge on any atom is -0.384 e. The molecule has 0 amide bonds. The molecular formula is C15H14ClFO. The fourth-order valence-corrected chi connectivity index (χ4v) is 2.29. The van der Waals surface area contributed by atoms with Gasteiger partial charge in [-0.2, -0.15) is 0 Å². The number of hydrogen-bond acceptors (Lipinski definition) is 1. The number of aliphatic hydroxyl groups is 1. The van der Waals surface area contributed by atoms with E-state index in [0.29, 0.717) is 10.6 Å². The molecule has 0 aromatic heterocycles. The van der Waals surface area contributed by atoms with Crippen molar-refractivity contribution < 1.29 is 9.50 Å². The summed E-state index contributed by atoms with van der Waals surface area (Å²) >= 11 is 5.99. The Labute approximate surface area is 111 Å². The van der Waals surface area contributed by atoms with Crippen LogP contribution in [-0.4, -0.2) is 5.11 Å². The molecule has 0 aliphatic heterocycles. The van der Waals surface area contributed by atoms with Gasteiger partial charge in [-0.1, -0.05) is 40.9 Å². The zero-order valence-corrected chi connectivity index (χ0v) is 11.0. The van der Waals surface area contributed by atoms with Crippen LogP contribution in [0.1, 0.15) is 28.4 Å². The van der Waals surface area contributed by atoms with Gasteiger partial charge in [0.05, 0.1) is 0 Å². The van der Waals surface area contributed by atoms with Gasteiger partial charge < -0.3 is 5.11 Å². The third-order valence-corrected chi connectivity index (χ3v) is 3.16. The third-order valence-electron chi connectivity index (χ3n) is 2.81. The van der Waals surface area contributed by atoms with Crippen molar-refractivity contribution in [3.8, 4) is 0 Å². The Kier molecular flexibility index (Phi) is 3.69. The number of halogens is 2. The molecule has 2 aromatic carbocycles. The average molecular weight is 265 g/mol. The molecule has 1 atom stereocenters. The second-order valence-corrected chi connectivity index (χ2v) is 4.90. The maximum atomic E-state index is 13.2. The monoisotopic (exact) mass is 264 g/mol. The van der Waals surface area contributed by atoms with Crippen LogP contribution in [0.5, 0.6) is 0 Å². The lowest BCUT2D eigenvalue weighted by atomic mass is 9.98. The molecule has 0 bridgehead atoms. The Morgan fingerprint density at radius 1 is 1.06 bits per heavy atom. The van der Waals surface area contributed by atoms with Crippen molar-refractivity contribution in [3.63, 3.8) is 0 Å². The summed E-state index contributed by atoms with van der Waals surface area (Å²) in [6.07, 6.45) is -0.910. The van der Waals surface area contributed by atoms with Crippen molar-refractivity contribution in [2.75, 3.05) is 0 Å². The molecule has 0 saturated carbocycles. The fraction of sp³-hybridized carbons (Fsp3) is 0.200. The minimum atomic E-state index is -0.910. The quantitative estimate of drug-likeness (QED) is 0.863. The number of rotatable bonds is 2. The second-order valence-electron chi connectivity index (χ2n) is 4.49. The van der Waals surface area contributed by atoms with Gasteiger partial charge in [0.1, 0.15) is 11.9 Å². The number of hydrogen-bond donors (Lipinski definition) is 1. The predicted molar refractivity (Wildman–Crippen MR) is 71.4 cm³/mol. The highest BCUT2D eigenvalue weighted by Crippen LogP contribution is 2.29. The van der Waals surface area contributed by atoms with Crippen LogP contribution in [0.15, 0.2) is 36.4 Å². The summed E-state index contributed by atoms with van der Waals surface area (Å²) < 4.78 is 13.2. The van der Waals surface area contributed by atoms with Crippen molar-refractivity contribution >= 4 is 11.6 Å². The first-order valence-corrected chi connectivity index (χ1v) is 6.06. The largest absolute Gasteiger partial charge is 0.384 e. The minimum absolute atomic E-state index is 0.364. The molecule has 1 unspecified atom stereocenters. The van der Waals surface area contributed by atoms with E-state index in [-0.39, 0.29) is 0 Å². The lowest BCUT2D eigenvalue weighted by Gasteiger charge is -2.14. The molecule has 0 aliphatic rings. The third kappa shape index (κ3) is 2.71. The summed E-state index contributed by atoms with van der Waals surface area (Å²) in [5, 5.41) is 10.7. The topological polar surface area (TPSA) is 20.2 Å². The summed E-state index contributed by atoms with van der Waals surface area (Å²) in [6.45, 7) is 3.91. The standard InChI is InChI=1S/C15H14ClFO/c1-9-5-10(2)7-11(6-9)15(18)13-8-12(17)3-4-14(13)16/h3-8,15,18H,1-2H3. The Morgan fingerprint density at radius 2 is 1.67 bits per heavy atom. The van der Waals surface area contributed by atoms with E-state index in [1.165, 1.54) is 18.2 Å². The fourth-order valence-electron chi connectivity index (χ4n) is 2.07. The normalized spacial score (nSPS) is 12.5. The first-order valence-electron chi connectivity index (χ1n) is 5.68. The van der Waals surface area contributed by atoms with Crippen molar-refractivity contribution in [1.29, 1.82) is 0 Å². The molecule has 3 heteroatoms. The maximum Gasteiger partial charge on any atom is 0.123 e. The van der Waals surface area contributed by atoms with Gasteiger partial charge in [-0.05, 0) is 37.6 Å². The van der Waals surface area contributed by atoms with Crippen LogP contribution in [0.25, 0.3) is 0 Å². The van der Waals surface area contributed by atoms with Crippen LogP contribution >= 0.6 is 11.6 Å². The van der Waals surface area contributed by atoms with Gasteiger partial charge in [0, 0.05) is 10.6 Å². The van der Waals surface area contributed by atoms with Gasteiger partial charge in [-0.25, -0.2) is 4.39 Å². The molecular weight excluding hydrogens is 251 g/mol. The molecule has 1 nitrogen and oxygen atoms in total. The van der Waals surface area contributed by atoms with Crippen LogP contribution in [0, 0.1) is 19.7 Å². The van der Waals surface area contributed by atoms with E-state index in [2.05, 4.69) is 0 Å². The SMILES string of the molecule is Cc1cc(C)cc(C(O)c2cc(F)ccc2Cl)c1. The van der Waals surface area contributed by atoms with Crippen molar-refractivity contribution in [2.45, 2.75) is 20.0 Å². The highest BCUT2D eigenvalue weighted by atomic mass is 35.5. The van der Waals surface area contributed by atoms with E-state index in [4.69, 9.17) is 11.6 Å². The Hall–Kier alpha value is -1.38. The summed E-state index contributed by atoms with van der Waals surface area (Å²) in [5.41, 5.74) is 3.22. The molecule has 0 fully saturated rings. The van der Waals surface area contributed by atoms with Crippen LogP contribution in [0.3, 0.4) is 0 Å². The predicted octanol–water partition coefficient (Wildman–Crippen LogP) is 4.18. The molecule has 0 spiro atoms. The van der Waals surface area contributed by atoms with Gasteiger partial charge in [0.2, 0.25) is 0 Å². The van der Waals surface area contributed by atoms with Gasteiger partial charge in [0.15, 0.2) is 0 Å². The zero-order chi connectivity index (χ0) is 13.3. The second kappa shape index (κ2) is 5.09. The Balaban J connectivity index is 2.47. The molecule has 0 aliphatic carbocycles. The Bertz CT molecular complexity index is 560. The molecule has 2 aromatic rings. The van der Waals surface area contributed by atoms with E-state index < -0.39 is 11.9 Å². The van der Waals surface area contributed by atoms with Gasteiger partial charge in [-0.3, -0.25) is 0 Å². The first kappa shape index (κ1) is 13.1. The van der Waals surface area contributed by atoms with Crippen LogP contribution in [-0.2, 0) is 0 Å². The highest BCUT2D eigenvalue weighted by molar-refractivity contribution is 6.31. The summed E-state index contributed by atoms with van der Waals surface area (Å²) in [6, 6.07) is 9.77. The molecule has 0 saturated heterocycles. The highest BCUT2D eigenvalue weighted by Gasteiger charge is 2.15. The maximum absolute atomic E-state index is 13.2. The lowest BCUT2D eigenvalue weighted by molar-refractivity contribution is 0.220. The van der Waals surface area contributed by atoms with E-state index in [9.17, 15) is 9.50 Å². The van der Waals surface area contributed by atoms with Crippen molar-refractivity contribution in [1.82, 2.24) is 0 Å². The summed E-state index contributed by atoms with van der Waals surface area (Å²) in [7, 11) is 0. The first-order chi connectivity index (χ1) is 8.47. The van der Waals surface area contributed by atoms with E-state index in [0.717, 1.165) is 16.7 Å². The number of benzene rings is 2. The van der Waals surface area contributed by atoms with Gasteiger partial charge in [0.25, 0.3) is 0 Å². The molecule has 2 rings (SSSR count). The van der Waals surface area contributed by atoms with Crippen molar-refractivity contribution in [3.05, 3.63) is 69.5 Å². The summed E-state index contributed by atoms with van der Waals surface area (Å²) in [4.78, 5) is 0. The van der Waals surface area contributed by atoms with E-state index in [1.807, 2.05) is 32.0 Å². The molecule has 18 heavy (non-hydrogen) atoms. The lowest BCUT2D eigenvalue weighted by Crippen LogP contribution is -2.02. The van der Waals surface area contributed by atoms with Crippen molar-refractivity contribution in [2.24, 2.45) is 0 Å². The van der Waals surface area contributed by atoms with Gasteiger partial charge >= 0.3 is 0 Å². The average Bonchev–Trinajstić information content (AvgIpc) is 2.30. The number of aliphatic hydroxyl groups excluding tert-OH is 1. The van der Waals surface area contributed by atoms with E-state index in [1.54, 1.807) is 0 Å². The molecule has 0 heterocycles. The van der Waals surface area contributed by atoms with Crippen LogP contribution < -0.4 is 0 Å². The van der Waals surface area contributed by atoms with Gasteiger partial charge in [-0.15, -0.1) is 0 Å². The molecule has 1 N–H and O–H groups in total. The number of aryl methyl sites for hydroxylation is 2. The van der Waals surface area contributed by atoms with Crippen LogP contribution in [0.2, 0.25) is 5.02 Å². The van der Waals surface area contributed by atoms with Crippen LogP contribution in [0.4, 0.5) is 4.39 Å². The van der Waals surface area contributed by atoms with E-state index >= 15 is 0 Å². The molecule has 94 valence electrons. The zero-order valence-electron chi connectivity index (χ0n) is 10.2.